The zero-order valence-corrected chi connectivity index (χ0v) is 21.2. The van der Waals surface area contributed by atoms with E-state index >= 15 is 0 Å². The van der Waals surface area contributed by atoms with E-state index in [4.69, 9.17) is 0 Å². The summed E-state index contributed by atoms with van der Waals surface area (Å²) in [6, 6.07) is 10.2. The summed E-state index contributed by atoms with van der Waals surface area (Å²) in [5.74, 6) is -1.71. The smallest absolute Gasteiger partial charge is 0.270 e. The molecule has 1 aliphatic rings. The van der Waals surface area contributed by atoms with E-state index in [1.807, 2.05) is 13.0 Å². The van der Waals surface area contributed by atoms with Crippen LogP contribution in [0, 0.1) is 26.6 Å². The van der Waals surface area contributed by atoms with E-state index in [2.05, 4.69) is 20.7 Å². The summed E-state index contributed by atoms with van der Waals surface area (Å²) >= 11 is 0. The fraction of sp³-hybridized carbons (Fsp3) is 0.231. The van der Waals surface area contributed by atoms with Gasteiger partial charge in [-0.3, -0.25) is 9.59 Å². The maximum Gasteiger partial charge on any atom is 0.270 e. The first kappa shape index (κ1) is 24.6. The van der Waals surface area contributed by atoms with E-state index in [1.165, 1.54) is 22.8 Å². The molecule has 190 valence electrons. The van der Waals surface area contributed by atoms with Crippen LogP contribution in [-0.4, -0.2) is 40.6 Å². The van der Waals surface area contributed by atoms with Crippen LogP contribution < -0.4 is 10.6 Å². The van der Waals surface area contributed by atoms with Crippen LogP contribution in [-0.2, 0) is 16.4 Å². The molecule has 0 aliphatic carbocycles. The Kier molecular flexibility index (Phi) is 6.03. The van der Waals surface area contributed by atoms with Crippen LogP contribution >= 0.6 is 0 Å². The van der Waals surface area contributed by atoms with Crippen molar-refractivity contribution >= 4 is 27.3 Å². The second-order valence-corrected chi connectivity index (χ2v) is 11.1. The number of nitrogens with one attached hydrogen (secondary N) is 2. The summed E-state index contributed by atoms with van der Waals surface area (Å²) in [5.41, 5.74) is 3.54. The third-order valence-corrected chi connectivity index (χ3v) is 8.52. The molecule has 0 fully saturated rings. The number of hydrogen-bond donors (Lipinski definition) is 2. The largest absolute Gasteiger partial charge is 0.347 e. The zero-order chi connectivity index (χ0) is 26.5. The van der Waals surface area contributed by atoms with Crippen molar-refractivity contribution in [3.05, 3.63) is 93.7 Å². The van der Waals surface area contributed by atoms with Crippen LogP contribution in [0.2, 0.25) is 0 Å². The van der Waals surface area contributed by atoms with Gasteiger partial charge in [0.2, 0.25) is 0 Å². The number of nitrogens with zero attached hydrogens (tertiary/aromatic N) is 3. The quantitative estimate of drug-likeness (QED) is 0.416. The minimum Gasteiger partial charge on any atom is -0.347 e. The van der Waals surface area contributed by atoms with Crippen LogP contribution in [0.4, 0.5) is 4.39 Å². The Bertz CT molecular complexity index is 1700. The van der Waals surface area contributed by atoms with Gasteiger partial charge in [0.1, 0.15) is 17.2 Å². The molecule has 0 saturated heterocycles. The van der Waals surface area contributed by atoms with Crippen LogP contribution in [0.25, 0.3) is 5.65 Å². The fourth-order valence-electron chi connectivity index (χ4n) is 4.52. The van der Waals surface area contributed by atoms with Crippen molar-refractivity contribution in [2.75, 3.05) is 5.75 Å². The standard InChI is InChI=1S/C26H24FN5O4S/c1-14-4-6-18-21(13-37(35,36)24(18)16(14)3)31-26(34)22-11-20(30-23-8-9-29-32(22)23)25(33)28-12-17-5-7-19(27)15(2)10-17/h4-11,21H,12-13H2,1-3H3,(H,28,33)(H,31,34). The van der Waals surface area contributed by atoms with Gasteiger partial charge in [0, 0.05) is 18.7 Å². The van der Waals surface area contributed by atoms with Gasteiger partial charge < -0.3 is 10.6 Å². The average Bonchev–Trinajstić information content (AvgIpc) is 3.43. The van der Waals surface area contributed by atoms with E-state index in [1.54, 1.807) is 38.1 Å². The highest BCUT2D eigenvalue weighted by atomic mass is 32.2. The lowest BCUT2D eigenvalue weighted by Crippen LogP contribution is -2.32. The molecule has 0 radical (unpaired) electrons. The predicted molar refractivity (Wildman–Crippen MR) is 133 cm³/mol. The van der Waals surface area contributed by atoms with Gasteiger partial charge in [-0.15, -0.1) is 0 Å². The third-order valence-electron chi connectivity index (χ3n) is 6.59. The van der Waals surface area contributed by atoms with E-state index in [9.17, 15) is 22.4 Å². The molecule has 1 atom stereocenters. The number of sulfone groups is 1. The van der Waals surface area contributed by atoms with Gasteiger partial charge in [-0.1, -0.05) is 24.3 Å². The number of aryl methyl sites for hydroxylation is 2. The van der Waals surface area contributed by atoms with Gasteiger partial charge >= 0.3 is 0 Å². The number of rotatable bonds is 5. The molecule has 37 heavy (non-hydrogen) atoms. The van der Waals surface area contributed by atoms with Crippen molar-refractivity contribution in [3.63, 3.8) is 0 Å². The van der Waals surface area contributed by atoms with E-state index < -0.39 is 27.7 Å². The van der Waals surface area contributed by atoms with Crippen LogP contribution in [0.3, 0.4) is 0 Å². The molecule has 3 heterocycles. The number of aromatic nitrogens is 3. The zero-order valence-electron chi connectivity index (χ0n) is 20.4. The fourth-order valence-corrected chi connectivity index (χ4v) is 6.59. The topological polar surface area (TPSA) is 123 Å². The summed E-state index contributed by atoms with van der Waals surface area (Å²) < 4.78 is 40.5. The predicted octanol–water partition coefficient (Wildman–Crippen LogP) is 2.98. The molecule has 4 aromatic rings. The van der Waals surface area contributed by atoms with Crippen LogP contribution in [0.1, 0.15) is 54.8 Å². The molecule has 2 amide bonds. The van der Waals surface area contributed by atoms with Crippen molar-refractivity contribution < 1.29 is 22.4 Å². The van der Waals surface area contributed by atoms with E-state index in [0.29, 0.717) is 22.3 Å². The Morgan fingerprint density at radius 2 is 1.84 bits per heavy atom. The lowest BCUT2D eigenvalue weighted by atomic mass is 10.0. The van der Waals surface area contributed by atoms with E-state index in [0.717, 1.165) is 5.56 Å². The molecule has 9 nitrogen and oxygen atoms in total. The first-order valence-corrected chi connectivity index (χ1v) is 13.2. The number of carbonyl (C=O) groups is 2. The Morgan fingerprint density at radius 3 is 2.59 bits per heavy atom. The van der Waals surface area contributed by atoms with Gasteiger partial charge in [-0.2, -0.15) is 5.10 Å². The van der Waals surface area contributed by atoms with Crippen molar-refractivity contribution in [3.8, 4) is 0 Å². The second-order valence-electron chi connectivity index (χ2n) is 9.13. The van der Waals surface area contributed by atoms with Gasteiger partial charge in [0.05, 0.1) is 22.9 Å². The van der Waals surface area contributed by atoms with Crippen molar-refractivity contribution in [1.82, 2.24) is 25.2 Å². The molecule has 5 rings (SSSR count). The summed E-state index contributed by atoms with van der Waals surface area (Å²) in [6.07, 6.45) is 1.45. The summed E-state index contributed by atoms with van der Waals surface area (Å²) in [5, 5.41) is 9.66. The molecule has 1 aliphatic heterocycles. The first-order valence-electron chi connectivity index (χ1n) is 11.6. The van der Waals surface area contributed by atoms with Crippen LogP contribution in [0.15, 0.2) is 53.6 Å². The van der Waals surface area contributed by atoms with Gasteiger partial charge in [-0.05, 0) is 54.7 Å². The number of halogens is 1. The maximum atomic E-state index is 13.5. The molecular formula is C26H24FN5O4S. The highest BCUT2D eigenvalue weighted by Crippen LogP contribution is 2.37. The number of carbonyl (C=O) groups excluding carboxylic acids is 2. The van der Waals surface area contributed by atoms with Gasteiger partial charge in [0.15, 0.2) is 15.5 Å². The van der Waals surface area contributed by atoms with Gasteiger partial charge in [-0.25, -0.2) is 22.3 Å². The Labute approximate surface area is 212 Å². The summed E-state index contributed by atoms with van der Waals surface area (Å²) in [4.78, 5) is 30.8. The van der Waals surface area contributed by atoms with Crippen LogP contribution in [0.5, 0.6) is 0 Å². The lowest BCUT2D eigenvalue weighted by molar-refractivity contribution is 0.0933. The Balaban J connectivity index is 1.41. The third kappa shape index (κ3) is 4.46. The monoisotopic (exact) mass is 521 g/mol. The highest BCUT2D eigenvalue weighted by Gasteiger charge is 2.37. The Morgan fingerprint density at radius 1 is 1.05 bits per heavy atom. The molecule has 2 aromatic heterocycles. The lowest BCUT2D eigenvalue weighted by Gasteiger charge is -2.15. The number of hydrogen-bond acceptors (Lipinski definition) is 6. The number of benzene rings is 2. The highest BCUT2D eigenvalue weighted by molar-refractivity contribution is 7.91. The molecule has 2 aromatic carbocycles. The van der Waals surface area contributed by atoms with Crippen molar-refractivity contribution in [2.45, 2.75) is 38.3 Å². The Hall–Kier alpha value is -4.12. The number of amides is 2. The van der Waals surface area contributed by atoms with Crippen molar-refractivity contribution in [2.24, 2.45) is 0 Å². The summed E-state index contributed by atoms with van der Waals surface area (Å²) in [6.45, 7) is 5.37. The SMILES string of the molecule is Cc1cc(CNC(=O)c2cc(C(=O)NC3CS(=O)(=O)c4c3ccc(C)c4C)n3nccc3n2)ccc1F. The molecule has 11 heteroatoms. The molecule has 2 N–H and O–H groups in total. The van der Waals surface area contributed by atoms with Gasteiger partial charge in [0.25, 0.3) is 11.8 Å². The second kappa shape index (κ2) is 9.07. The molecule has 0 saturated carbocycles. The summed E-state index contributed by atoms with van der Waals surface area (Å²) in [7, 11) is -3.57. The molecular weight excluding hydrogens is 497 g/mol. The minimum absolute atomic E-state index is 0.0112. The first-order chi connectivity index (χ1) is 17.5. The van der Waals surface area contributed by atoms with E-state index in [-0.39, 0.29) is 40.0 Å². The molecule has 1 unspecified atom stereocenters. The average molecular weight is 522 g/mol. The minimum atomic E-state index is -3.57. The number of fused-ring (bicyclic) bond motifs is 2. The molecule has 0 bridgehead atoms. The maximum absolute atomic E-state index is 13.5. The normalized spacial score (nSPS) is 15.9. The van der Waals surface area contributed by atoms with Crippen molar-refractivity contribution in [1.29, 1.82) is 0 Å². The molecule has 0 spiro atoms.